The van der Waals surface area contributed by atoms with Crippen molar-refractivity contribution in [3.8, 4) is 5.75 Å². The van der Waals surface area contributed by atoms with Crippen LogP contribution in [0.4, 0.5) is 4.39 Å². The minimum absolute atomic E-state index is 0.367. The second-order valence-electron chi connectivity index (χ2n) is 3.75. The van der Waals surface area contributed by atoms with Crippen LogP contribution in [0.2, 0.25) is 0 Å². The molecule has 0 saturated heterocycles. The number of aromatic nitrogens is 2. The Hall–Kier alpha value is -1.88. The Morgan fingerprint density at radius 3 is 2.82 bits per heavy atom. The molecular weight excluding hydrogens is 223 g/mol. The topological polar surface area (TPSA) is 47.3 Å². The van der Waals surface area contributed by atoms with E-state index in [-0.39, 0.29) is 0 Å². The molecule has 0 aliphatic carbocycles. The number of benzene rings is 1. The molecule has 0 saturated carbocycles. The standard InChI is InChI=1S/C12H13FN2O2/c1-15-6-10(14-7-15)12(16)9-5-8(13)3-4-11(9)17-2/h3-7,12,16H,1-2H3. The van der Waals surface area contributed by atoms with Crippen LogP contribution in [0.15, 0.2) is 30.7 Å². The lowest BCUT2D eigenvalue weighted by atomic mass is 10.1. The number of aliphatic hydroxyl groups excluding tert-OH is 1. The molecule has 0 amide bonds. The Labute approximate surface area is 98.3 Å². The van der Waals surface area contributed by atoms with Gasteiger partial charge in [-0.3, -0.25) is 0 Å². The van der Waals surface area contributed by atoms with E-state index in [9.17, 15) is 9.50 Å². The van der Waals surface area contributed by atoms with Gasteiger partial charge in [-0.1, -0.05) is 0 Å². The zero-order chi connectivity index (χ0) is 12.4. The van der Waals surface area contributed by atoms with Crippen molar-refractivity contribution in [3.05, 3.63) is 47.8 Å². The fraction of sp³-hybridized carbons (Fsp3) is 0.250. The highest BCUT2D eigenvalue weighted by Gasteiger charge is 2.18. The monoisotopic (exact) mass is 236 g/mol. The summed E-state index contributed by atoms with van der Waals surface area (Å²) in [5, 5.41) is 10.1. The summed E-state index contributed by atoms with van der Waals surface area (Å²) in [5.41, 5.74) is 0.822. The second kappa shape index (κ2) is 4.55. The summed E-state index contributed by atoms with van der Waals surface area (Å²) in [6.45, 7) is 0. The number of halogens is 1. The minimum Gasteiger partial charge on any atom is -0.496 e. The molecule has 0 radical (unpaired) electrons. The molecule has 2 rings (SSSR count). The lowest BCUT2D eigenvalue weighted by Crippen LogP contribution is -2.03. The van der Waals surface area contributed by atoms with Crippen molar-refractivity contribution in [3.63, 3.8) is 0 Å². The number of methoxy groups -OCH3 is 1. The van der Waals surface area contributed by atoms with Crippen molar-refractivity contribution in [1.82, 2.24) is 9.55 Å². The van der Waals surface area contributed by atoms with Crippen molar-refractivity contribution in [2.45, 2.75) is 6.10 Å². The minimum atomic E-state index is -0.998. The molecule has 1 aromatic heterocycles. The summed E-state index contributed by atoms with van der Waals surface area (Å²) >= 11 is 0. The van der Waals surface area contributed by atoms with Crippen LogP contribution < -0.4 is 4.74 Å². The molecule has 0 aliphatic heterocycles. The SMILES string of the molecule is COc1ccc(F)cc1C(O)c1cn(C)cn1. The van der Waals surface area contributed by atoms with Gasteiger partial charge < -0.3 is 14.4 Å². The number of ether oxygens (including phenoxy) is 1. The summed E-state index contributed by atoms with van der Waals surface area (Å²) in [5.74, 6) is 0.0142. The molecule has 4 nitrogen and oxygen atoms in total. The van der Waals surface area contributed by atoms with Gasteiger partial charge in [0.05, 0.1) is 19.1 Å². The van der Waals surface area contributed by atoms with E-state index in [0.29, 0.717) is 17.0 Å². The first-order valence-corrected chi connectivity index (χ1v) is 5.11. The zero-order valence-electron chi connectivity index (χ0n) is 9.59. The zero-order valence-corrected chi connectivity index (χ0v) is 9.59. The first-order chi connectivity index (χ1) is 8.11. The van der Waals surface area contributed by atoms with Crippen LogP contribution >= 0.6 is 0 Å². The summed E-state index contributed by atoms with van der Waals surface area (Å²) in [7, 11) is 3.27. The van der Waals surface area contributed by atoms with Crippen LogP contribution in [-0.2, 0) is 7.05 Å². The Balaban J connectivity index is 2.42. The smallest absolute Gasteiger partial charge is 0.126 e. The van der Waals surface area contributed by atoms with Gasteiger partial charge in [0.2, 0.25) is 0 Å². The highest BCUT2D eigenvalue weighted by Crippen LogP contribution is 2.29. The molecule has 0 bridgehead atoms. The fourth-order valence-electron chi connectivity index (χ4n) is 1.65. The van der Waals surface area contributed by atoms with Crippen LogP contribution in [0.25, 0.3) is 0 Å². The van der Waals surface area contributed by atoms with E-state index < -0.39 is 11.9 Å². The van der Waals surface area contributed by atoms with Crippen molar-refractivity contribution >= 4 is 0 Å². The van der Waals surface area contributed by atoms with Gasteiger partial charge >= 0.3 is 0 Å². The van der Waals surface area contributed by atoms with Gasteiger partial charge in [0, 0.05) is 18.8 Å². The van der Waals surface area contributed by atoms with Crippen molar-refractivity contribution in [2.75, 3.05) is 7.11 Å². The number of hydrogen-bond donors (Lipinski definition) is 1. The Kier molecular flexibility index (Phi) is 3.10. The number of aliphatic hydroxyl groups is 1. The molecular formula is C12H13FN2O2. The van der Waals surface area contributed by atoms with Crippen molar-refractivity contribution in [2.24, 2.45) is 7.05 Å². The highest BCUT2D eigenvalue weighted by molar-refractivity contribution is 5.38. The molecule has 0 spiro atoms. The lowest BCUT2D eigenvalue weighted by molar-refractivity contribution is 0.209. The predicted octanol–water partition coefficient (Wildman–Crippen LogP) is 1.65. The van der Waals surface area contributed by atoms with Gasteiger partial charge in [-0.15, -0.1) is 0 Å². The number of aryl methyl sites for hydroxylation is 1. The predicted molar refractivity (Wildman–Crippen MR) is 60.2 cm³/mol. The molecule has 1 unspecified atom stereocenters. The van der Waals surface area contributed by atoms with Crippen molar-refractivity contribution in [1.29, 1.82) is 0 Å². The van der Waals surface area contributed by atoms with Gasteiger partial charge in [-0.05, 0) is 18.2 Å². The molecule has 2 aromatic rings. The average Bonchev–Trinajstić information content (AvgIpc) is 2.75. The molecule has 1 atom stereocenters. The quantitative estimate of drug-likeness (QED) is 0.881. The van der Waals surface area contributed by atoms with Gasteiger partial charge in [0.1, 0.15) is 17.7 Å². The normalized spacial score (nSPS) is 12.5. The average molecular weight is 236 g/mol. The third kappa shape index (κ3) is 2.29. The third-order valence-corrected chi connectivity index (χ3v) is 2.49. The maximum absolute atomic E-state index is 13.2. The van der Waals surface area contributed by atoms with E-state index in [4.69, 9.17) is 4.74 Å². The van der Waals surface area contributed by atoms with Gasteiger partial charge in [-0.25, -0.2) is 9.37 Å². The van der Waals surface area contributed by atoms with Gasteiger partial charge in [0.15, 0.2) is 0 Å². The largest absolute Gasteiger partial charge is 0.496 e. The fourth-order valence-corrected chi connectivity index (χ4v) is 1.65. The van der Waals surface area contributed by atoms with E-state index in [1.807, 2.05) is 0 Å². The van der Waals surface area contributed by atoms with Crippen LogP contribution in [0.5, 0.6) is 5.75 Å². The first-order valence-electron chi connectivity index (χ1n) is 5.11. The highest BCUT2D eigenvalue weighted by atomic mass is 19.1. The van der Waals surface area contributed by atoms with E-state index in [0.717, 1.165) is 0 Å². The molecule has 0 fully saturated rings. The molecule has 1 heterocycles. The van der Waals surface area contributed by atoms with E-state index in [1.54, 1.807) is 24.1 Å². The van der Waals surface area contributed by atoms with Crippen molar-refractivity contribution < 1.29 is 14.2 Å². The molecule has 0 aliphatic rings. The maximum Gasteiger partial charge on any atom is 0.126 e. The molecule has 1 N–H and O–H groups in total. The summed E-state index contributed by atoms with van der Waals surface area (Å²) < 4.78 is 20.0. The molecule has 1 aromatic carbocycles. The van der Waals surface area contributed by atoms with Gasteiger partial charge in [-0.2, -0.15) is 0 Å². The number of nitrogens with zero attached hydrogens (tertiary/aromatic N) is 2. The molecule has 5 heteroatoms. The first kappa shape index (κ1) is 11.6. The summed E-state index contributed by atoms with van der Waals surface area (Å²) in [4.78, 5) is 4.03. The summed E-state index contributed by atoms with van der Waals surface area (Å²) in [6, 6.07) is 4.02. The second-order valence-corrected chi connectivity index (χ2v) is 3.75. The number of rotatable bonds is 3. The summed E-state index contributed by atoms with van der Waals surface area (Å²) in [6.07, 6.45) is 2.25. The van der Waals surface area contributed by atoms with E-state index in [1.165, 1.54) is 25.3 Å². The van der Waals surface area contributed by atoms with Crippen LogP contribution in [0.1, 0.15) is 17.4 Å². The Bertz CT molecular complexity index is 525. The van der Waals surface area contributed by atoms with Crippen LogP contribution in [0, 0.1) is 5.82 Å². The molecule has 17 heavy (non-hydrogen) atoms. The third-order valence-electron chi connectivity index (χ3n) is 2.49. The van der Waals surface area contributed by atoms with Gasteiger partial charge in [0.25, 0.3) is 0 Å². The Morgan fingerprint density at radius 1 is 1.47 bits per heavy atom. The van der Waals surface area contributed by atoms with Crippen LogP contribution in [0.3, 0.4) is 0 Å². The van der Waals surface area contributed by atoms with Crippen LogP contribution in [-0.4, -0.2) is 21.8 Å². The Morgan fingerprint density at radius 2 is 2.24 bits per heavy atom. The number of imidazole rings is 1. The van der Waals surface area contributed by atoms with E-state index >= 15 is 0 Å². The molecule has 90 valence electrons. The lowest BCUT2D eigenvalue weighted by Gasteiger charge is -2.12. The number of hydrogen-bond acceptors (Lipinski definition) is 3. The van der Waals surface area contributed by atoms with E-state index in [2.05, 4.69) is 4.98 Å². The maximum atomic E-state index is 13.2.